The number of hydrogen-bond donors (Lipinski definition) is 0. The van der Waals surface area contributed by atoms with E-state index < -0.39 is 0 Å². The molecule has 0 N–H and O–H groups in total. The SMILES string of the molecule is CCCOCCOc1ccccc1C#CCCl. The van der Waals surface area contributed by atoms with Crippen molar-refractivity contribution in [2.24, 2.45) is 0 Å². The second-order valence-corrected chi connectivity index (χ2v) is 3.66. The lowest BCUT2D eigenvalue weighted by atomic mass is 10.2. The Hall–Kier alpha value is -1.17. The van der Waals surface area contributed by atoms with Crippen LogP contribution >= 0.6 is 11.6 Å². The molecule has 0 aliphatic heterocycles. The van der Waals surface area contributed by atoms with E-state index in [2.05, 4.69) is 18.8 Å². The summed E-state index contributed by atoms with van der Waals surface area (Å²) in [6, 6.07) is 7.67. The van der Waals surface area contributed by atoms with Gasteiger partial charge in [-0.3, -0.25) is 0 Å². The van der Waals surface area contributed by atoms with Crippen molar-refractivity contribution in [2.75, 3.05) is 25.7 Å². The molecule has 0 spiro atoms. The summed E-state index contributed by atoms with van der Waals surface area (Å²) in [5, 5.41) is 0. The van der Waals surface area contributed by atoms with Crippen LogP contribution in [-0.2, 0) is 4.74 Å². The van der Waals surface area contributed by atoms with E-state index in [-0.39, 0.29) is 0 Å². The molecule has 0 bridgehead atoms. The summed E-state index contributed by atoms with van der Waals surface area (Å²) in [4.78, 5) is 0. The number of rotatable bonds is 6. The lowest BCUT2D eigenvalue weighted by molar-refractivity contribution is 0.101. The minimum atomic E-state index is 0.327. The molecule has 0 fully saturated rings. The average molecular weight is 253 g/mol. The summed E-state index contributed by atoms with van der Waals surface area (Å²) in [6.45, 7) is 4.00. The Kier molecular flexibility index (Phi) is 7.29. The topological polar surface area (TPSA) is 18.5 Å². The van der Waals surface area contributed by atoms with E-state index >= 15 is 0 Å². The third kappa shape index (κ3) is 5.63. The number of ether oxygens (including phenoxy) is 2. The van der Waals surface area contributed by atoms with Crippen molar-refractivity contribution in [3.63, 3.8) is 0 Å². The Balaban J connectivity index is 2.46. The summed E-state index contributed by atoms with van der Waals surface area (Å²) < 4.78 is 11.0. The van der Waals surface area contributed by atoms with Gasteiger partial charge in [0.05, 0.1) is 18.1 Å². The number of hydrogen-bond acceptors (Lipinski definition) is 2. The lowest BCUT2D eigenvalue weighted by Gasteiger charge is -2.08. The van der Waals surface area contributed by atoms with Crippen LogP contribution in [0.2, 0.25) is 0 Å². The quantitative estimate of drug-likeness (QED) is 0.440. The van der Waals surface area contributed by atoms with Gasteiger partial charge in [0, 0.05) is 6.61 Å². The molecule has 0 aliphatic carbocycles. The number of alkyl halides is 1. The number of halogens is 1. The lowest BCUT2D eigenvalue weighted by Crippen LogP contribution is -2.07. The third-order valence-electron chi connectivity index (χ3n) is 2.01. The van der Waals surface area contributed by atoms with Crippen molar-refractivity contribution < 1.29 is 9.47 Å². The maximum Gasteiger partial charge on any atom is 0.135 e. The molecule has 0 saturated heterocycles. The van der Waals surface area contributed by atoms with Crippen molar-refractivity contribution in [3.05, 3.63) is 29.8 Å². The van der Waals surface area contributed by atoms with E-state index in [0.717, 1.165) is 24.3 Å². The molecule has 0 saturated carbocycles. The Morgan fingerprint density at radius 2 is 2.00 bits per heavy atom. The van der Waals surface area contributed by atoms with E-state index in [4.69, 9.17) is 21.1 Å². The fourth-order valence-electron chi connectivity index (χ4n) is 1.28. The van der Waals surface area contributed by atoms with Crippen LogP contribution in [0.1, 0.15) is 18.9 Å². The molecule has 3 heteroatoms. The van der Waals surface area contributed by atoms with E-state index in [1.54, 1.807) is 0 Å². The molecule has 1 aromatic rings. The van der Waals surface area contributed by atoms with Gasteiger partial charge in [-0.2, -0.15) is 0 Å². The molecule has 1 aromatic carbocycles. The molecule has 0 atom stereocenters. The molecule has 0 heterocycles. The Morgan fingerprint density at radius 1 is 1.18 bits per heavy atom. The predicted octanol–water partition coefficient (Wildman–Crippen LogP) is 3.08. The minimum Gasteiger partial charge on any atom is -0.490 e. The molecular weight excluding hydrogens is 236 g/mol. The van der Waals surface area contributed by atoms with Crippen LogP contribution in [-0.4, -0.2) is 25.7 Å². The van der Waals surface area contributed by atoms with Gasteiger partial charge in [0.25, 0.3) is 0 Å². The monoisotopic (exact) mass is 252 g/mol. The minimum absolute atomic E-state index is 0.327. The first-order chi connectivity index (χ1) is 8.38. The van der Waals surface area contributed by atoms with Gasteiger partial charge in [-0.15, -0.1) is 11.6 Å². The highest BCUT2D eigenvalue weighted by Gasteiger charge is 1.99. The van der Waals surface area contributed by atoms with Gasteiger partial charge in [0.2, 0.25) is 0 Å². The third-order valence-corrected chi connectivity index (χ3v) is 2.14. The van der Waals surface area contributed by atoms with Crippen molar-refractivity contribution in [3.8, 4) is 17.6 Å². The maximum atomic E-state index is 5.61. The van der Waals surface area contributed by atoms with E-state index in [1.807, 2.05) is 24.3 Å². The highest BCUT2D eigenvalue weighted by atomic mass is 35.5. The number of para-hydroxylation sites is 1. The zero-order chi connectivity index (χ0) is 12.3. The first-order valence-electron chi connectivity index (χ1n) is 5.73. The Bertz CT molecular complexity index is 379. The van der Waals surface area contributed by atoms with Crippen LogP contribution in [0, 0.1) is 11.8 Å². The van der Waals surface area contributed by atoms with Gasteiger partial charge in [-0.25, -0.2) is 0 Å². The molecule has 0 radical (unpaired) electrons. The van der Waals surface area contributed by atoms with E-state index in [1.165, 1.54) is 0 Å². The standard InChI is InChI=1S/C14H17ClO2/c1-2-10-16-11-12-17-14-8-4-3-6-13(14)7-5-9-15/h3-4,6,8H,2,9-12H2,1H3. The second-order valence-electron chi connectivity index (χ2n) is 3.39. The van der Waals surface area contributed by atoms with Gasteiger partial charge >= 0.3 is 0 Å². The number of benzene rings is 1. The molecule has 0 unspecified atom stereocenters. The van der Waals surface area contributed by atoms with Crippen LogP contribution < -0.4 is 4.74 Å². The van der Waals surface area contributed by atoms with Crippen molar-refractivity contribution in [1.82, 2.24) is 0 Å². The van der Waals surface area contributed by atoms with E-state index in [0.29, 0.717) is 19.1 Å². The highest BCUT2D eigenvalue weighted by Crippen LogP contribution is 2.16. The van der Waals surface area contributed by atoms with Crippen molar-refractivity contribution in [2.45, 2.75) is 13.3 Å². The highest BCUT2D eigenvalue weighted by molar-refractivity contribution is 6.19. The Labute approximate surface area is 108 Å². The van der Waals surface area contributed by atoms with Crippen molar-refractivity contribution >= 4 is 11.6 Å². The molecule has 0 aromatic heterocycles. The van der Waals surface area contributed by atoms with Gasteiger partial charge < -0.3 is 9.47 Å². The zero-order valence-corrected chi connectivity index (χ0v) is 10.8. The Morgan fingerprint density at radius 3 is 2.76 bits per heavy atom. The van der Waals surface area contributed by atoms with Crippen LogP contribution in [0.15, 0.2) is 24.3 Å². The van der Waals surface area contributed by atoms with Gasteiger partial charge in [0.15, 0.2) is 0 Å². The molecule has 2 nitrogen and oxygen atoms in total. The molecule has 92 valence electrons. The smallest absolute Gasteiger partial charge is 0.135 e. The van der Waals surface area contributed by atoms with Crippen LogP contribution in [0.5, 0.6) is 5.75 Å². The first kappa shape index (κ1) is 13.9. The summed E-state index contributed by atoms with van der Waals surface area (Å²) in [7, 11) is 0. The van der Waals surface area contributed by atoms with Crippen LogP contribution in [0.3, 0.4) is 0 Å². The predicted molar refractivity (Wildman–Crippen MR) is 70.6 cm³/mol. The second kappa shape index (κ2) is 8.92. The first-order valence-corrected chi connectivity index (χ1v) is 6.26. The van der Waals surface area contributed by atoms with Gasteiger partial charge in [-0.05, 0) is 18.6 Å². The summed E-state index contributed by atoms with van der Waals surface area (Å²) >= 11 is 5.53. The maximum absolute atomic E-state index is 5.61. The van der Waals surface area contributed by atoms with Gasteiger partial charge in [-0.1, -0.05) is 30.9 Å². The molecule has 17 heavy (non-hydrogen) atoms. The summed E-state index contributed by atoms with van der Waals surface area (Å²) in [6.07, 6.45) is 1.03. The molecule has 1 rings (SSSR count). The average Bonchev–Trinajstić information content (AvgIpc) is 2.37. The molecular formula is C14H17ClO2. The summed E-state index contributed by atoms with van der Waals surface area (Å²) in [5.74, 6) is 6.90. The summed E-state index contributed by atoms with van der Waals surface area (Å²) in [5.41, 5.74) is 0.864. The zero-order valence-electron chi connectivity index (χ0n) is 10.0. The van der Waals surface area contributed by atoms with Gasteiger partial charge in [0.1, 0.15) is 12.4 Å². The van der Waals surface area contributed by atoms with Crippen LogP contribution in [0.4, 0.5) is 0 Å². The van der Waals surface area contributed by atoms with Crippen molar-refractivity contribution in [1.29, 1.82) is 0 Å². The molecule has 0 amide bonds. The van der Waals surface area contributed by atoms with E-state index in [9.17, 15) is 0 Å². The largest absolute Gasteiger partial charge is 0.490 e. The normalized spacial score (nSPS) is 9.53. The fraction of sp³-hybridized carbons (Fsp3) is 0.429. The molecule has 0 aliphatic rings. The van der Waals surface area contributed by atoms with Crippen LogP contribution in [0.25, 0.3) is 0 Å². The fourth-order valence-corrected chi connectivity index (χ4v) is 1.35.